The summed E-state index contributed by atoms with van der Waals surface area (Å²) < 4.78 is 0. The topological polar surface area (TPSA) is 15.3 Å². The zero-order valence-electron chi connectivity index (χ0n) is 11.2. The molecule has 0 bridgehead atoms. The number of hydrogen-bond donors (Lipinski definition) is 1. The van der Waals surface area contributed by atoms with Crippen molar-refractivity contribution in [2.75, 3.05) is 19.6 Å². The maximum atomic E-state index is 3.76. The van der Waals surface area contributed by atoms with Crippen molar-refractivity contribution in [1.29, 1.82) is 0 Å². The van der Waals surface area contributed by atoms with Crippen LogP contribution in [0, 0.1) is 11.8 Å². The lowest BCUT2D eigenvalue weighted by molar-refractivity contribution is 0.166. The van der Waals surface area contributed by atoms with Gasteiger partial charge in [0.2, 0.25) is 0 Å². The molecule has 2 fully saturated rings. The Balaban J connectivity index is 1.67. The Morgan fingerprint density at radius 1 is 1.25 bits per heavy atom. The summed E-state index contributed by atoms with van der Waals surface area (Å²) in [6, 6.07) is 1.39. The lowest BCUT2D eigenvalue weighted by Crippen LogP contribution is -2.46. The van der Waals surface area contributed by atoms with Gasteiger partial charge in [-0.2, -0.15) is 0 Å². The Morgan fingerprint density at radius 3 is 2.62 bits per heavy atom. The summed E-state index contributed by atoms with van der Waals surface area (Å²) in [5, 5.41) is 3.76. The number of rotatable bonds is 5. The van der Waals surface area contributed by atoms with Crippen molar-refractivity contribution in [3.8, 4) is 0 Å². The molecule has 3 atom stereocenters. The molecule has 94 valence electrons. The largest absolute Gasteiger partial charge is 0.310 e. The number of hydrogen-bond acceptors (Lipinski definition) is 2. The third kappa shape index (κ3) is 3.74. The summed E-state index contributed by atoms with van der Waals surface area (Å²) in [5.74, 6) is 1.88. The van der Waals surface area contributed by atoms with Crippen LogP contribution in [0.3, 0.4) is 0 Å². The molecule has 1 heterocycles. The quantitative estimate of drug-likeness (QED) is 0.772. The fraction of sp³-hybridized carbons (Fsp3) is 1.00. The molecule has 0 spiro atoms. The van der Waals surface area contributed by atoms with Crippen LogP contribution in [0.1, 0.15) is 46.5 Å². The molecule has 0 radical (unpaired) electrons. The molecule has 2 heteroatoms. The molecule has 0 aromatic heterocycles. The van der Waals surface area contributed by atoms with Crippen LogP contribution in [0.5, 0.6) is 0 Å². The molecule has 1 aliphatic heterocycles. The van der Waals surface area contributed by atoms with E-state index in [1.54, 1.807) is 0 Å². The number of nitrogens with zero attached hydrogens (tertiary/aromatic N) is 1. The third-order valence-corrected chi connectivity index (χ3v) is 4.15. The van der Waals surface area contributed by atoms with Crippen molar-refractivity contribution in [2.24, 2.45) is 11.8 Å². The first kappa shape index (κ1) is 12.4. The first-order chi connectivity index (χ1) is 7.65. The van der Waals surface area contributed by atoms with E-state index in [0.717, 1.165) is 17.9 Å². The zero-order valence-corrected chi connectivity index (χ0v) is 11.2. The van der Waals surface area contributed by atoms with Crippen LogP contribution < -0.4 is 5.32 Å². The average molecular weight is 224 g/mol. The first-order valence-corrected chi connectivity index (χ1v) is 7.13. The summed E-state index contributed by atoms with van der Waals surface area (Å²) in [5.41, 5.74) is 0. The second-order valence-corrected chi connectivity index (χ2v) is 6.20. The highest BCUT2D eigenvalue weighted by atomic mass is 15.2. The predicted molar refractivity (Wildman–Crippen MR) is 69.6 cm³/mol. The van der Waals surface area contributed by atoms with Gasteiger partial charge in [-0.25, -0.2) is 0 Å². The van der Waals surface area contributed by atoms with Gasteiger partial charge in [-0.3, -0.25) is 0 Å². The maximum absolute atomic E-state index is 3.76. The van der Waals surface area contributed by atoms with Crippen LogP contribution in [-0.2, 0) is 0 Å². The van der Waals surface area contributed by atoms with E-state index in [-0.39, 0.29) is 0 Å². The summed E-state index contributed by atoms with van der Waals surface area (Å²) in [7, 11) is 0. The monoisotopic (exact) mass is 224 g/mol. The van der Waals surface area contributed by atoms with Gasteiger partial charge in [0.15, 0.2) is 0 Å². The molecule has 0 aromatic carbocycles. The average Bonchev–Trinajstić information content (AvgIpc) is 2.99. The van der Waals surface area contributed by atoms with Crippen LogP contribution in [0.25, 0.3) is 0 Å². The molecule has 16 heavy (non-hydrogen) atoms. The number of piperidine rings is 1. The van der Waals surface area contributed by atoms with Gasteiger partial charge in [-0.1, -0.05) is 6.92 Å². The van der Waals surface area contributed by atoms with Crippen LogP contribution in [0.2, 0.25) is 0 Å². The minimum Gasteiger partial charge on any atom is -0.310 e. The Bertz CT molecular complexity index is 213. The smallest absolute Gasteiger partial charge is 0.0169 e. The Morgan fingerprint density at radius 2 is 2.00 bits per heavy atom. The van der Waals surface area contributed by atoms with E-state index >= 15 is 0 Å². The minimum atomic E-state index is 0.654. The van der Waals surface area contributed by atoms with Gasteiger partial charge >= 0.3 is 0 Å². The van der Waals surface area contributed by atoms with E-state index < -0.39 is 0 Å². The van der Waals surface area contributed by atoms with E-state index in [1.807, 2.05) is 0 Å². The fourth-order valence-electron chi connectivity index (χ4n) is 3.07. The Hall–Kier alpha value is -0.0800. The summed E-state index contributed by atoms with van der Waals surface area (Å²) in [4.78, 5) is 2.64. The Kier molecular flexibility index (Phi) is 4.26. The van der Waals surface area contributed by atoms with E-state index in [4.69, 9.17) is 0 Å². The van der Waals surface area contributed by atoms with Crippen molar-refractivity contribution in [3.63, 3.8) is 0 Å². The van der Waals surface area contributed by atoms with Crippen LogP contribution in [0.15, 0.2) is 0 Å². The van der Waals surface area contributed by atoms with E-state index in [0.29, 0.717) is 6.04 Å². The van der Waals surface area contributed by atoms with E-state index in [2.05, 4.69) is 31.0 Å². The number of likely N-dealkylation sites (tertiary alicyclic amines) is 1. The molecule has 0 aromatic rings. The highest BCUT2D eigenvalue weighted by molar-refractivity contribution is 4.85. The van der Waals surface area contributed by atoms with Crippen LogP contribution in [0.4, 0.5) is 0 Å². The van der Waals surface area contributed by atoms with Gasteiger partial charge in [0.05, 0.1) is 0 Å². The second kappa shape index (κ2) is 5.50. The van der Waals surface area contributed by atoms with Crippen molar-refractivity contribution < 1.29 is 0 Å². The maximum Gasteiger partial charge on any atom is 0.0169 e. The lowest BCUT2D eigenvalue weighted by atomic mass is 10.00. The van der Waals surface area contributed by atoms with Gasteiger partial charge in [-0.15, -0.1) is 0 Å². The highest BCUT2D eigenvalue weighted by Gasteiger charge is 2.29. The highest BCUT2D eigenvalue weighted by Crippen LogP contribution is 2.32. The molecule has 2 rings (SSSR count). The third-order valence-electron chi connectivity index (χ3n) is 4.15. The normalized spacial score (nSPS) is 31.3. The van der Waals surface area contributed by atoms with Crippen molar-refractivity contribution in [2.45, 2.75) is 58.5 Å². The van der Waals surface area contributed by atoms with Gasteiger partial charge in [0, 0.05) is 25.2 Å². The molecule has 1 saturated carbocycles. The summed E-state index contributed by atoms with van der Waals surface area (Å²) in [6.07, 6.45) is 5.71. The lowest BCUT2D eigenvalue weighted by Gasteiger charge is -2.33. The van der Waals surface area contributed by atoms with Crippen LogP contribution in [-0.4, -0.2) is 36.6 Å². The van der Waals surface area contributed by atoms with Crippen LogP contribution >= 0.6 is 0 Å². The Labute approximate surface area is 101 Å². The molecule has 1 saturated heterocycles. The molecule has 1 aliphatic carbocycles. The standard InChI is InChI=1S/C14H28N2/c1-11-5-4-8-16(9-11)10-12(2)15-13(3)14-6-7-14/h11-15H,4-10H2,1-3H3. The van der Waals surface area contributed by atoms with Gasteiger partial charge < -0.3 is 10.2 Å². The SMILES string of the molecule is CC1CCCN(CC(C)NC(C)C2CC2)C1. The van der Waals surface area contributed by atoms with Gasteiger partial charge in [0.25, 0.3) is 0 Å². The molecule has 3 unspecified atom stereocenters. The van der Waals surface area contributed by atoms with Gasteiger partial charge in [0.1, 0.15) is 0 Å². The van der Waals surface area contributed by atoms with E-state index in [9.17, 15) is 0 Å². The minimum absolute atomic E-state index is 0.654. The first-order valence-electron chi connectivity index (χ1n) is 7.13. The van der Waals surface area contributed by atoms with Gasteiger partial charge in [-0.05, 0) is 57.9 Å². The molecular formula is C14H28N2. The zero-order chi connectivity index (χ0) is 11.5. The molecular weight excluding hydrogens is 196 g/mol. The summed E-state index contributed by atoms with van der Waals surface area (Å²) in [6.45, 7) is 10.9. The molecule has 2 aliphatic rings. The number of nitrogens with one attached hydrogen (secondary N) is 1. The summed E-state index contributed by atoms with van der Waals surface area (Å²) >= 11 is 0. The van der Waals surface area contributed by atoms with Crippen molar-refractivity contribution in [1.82, 2.24) is 10.2 Å². The molecule has 1 N–H and O–H groups in total. The van der Waals surface area contributed by atoms with E-state index in [1.165, 1.54) is 45.3 Å². The molecule has 0 amide bonds. The fourth-order valence-corrected chi connectivity index (χ4v) is 3.07. The van der Waals surface area contributed by atoms with Crippen molar-refractivity contribution >= 4 is 0 Å². The van der Waals surface area contributed by atoms with Crippen molar-refractivity contribution in [3.05, 3.63) is 0 Å². The second-order valence-electron chi connectivity index (χ2n) is 6.20. The predicted octanol–water partition coefficient (Wildman–Crippen LogP) is 2.49. The molecule has 2 nitrogen and oxygen atoms in total.